The van der Waals surface area contributed by atoms with E-state index in [0.717, 1.165) is 24.5 Å². The molecule has 2 aromatic heterocycles. The standard InChI is InChI=1S/C9H13N5S/c1-7-9(15-6-11-7)4-10-3-8-5-14(2)13-12-8/h5-6,10H,3-4H2,1-2H3. The van der Waals surface area contributed by atoms with Crippen LogP contribution in [-0.4, -0.2) is 20.0 Å². The average Bonchev–Trinajstić information content (AvgIpc) is 2.77. The Bertz CT molecular complexity index is 433. The van der Waals surface area contributed by atoms with Crippen molar-refractivity contribution in [1.82, 2.24) is 25.3 Å². The maximum Gasteiger partial charge on any atom is 0.0964 e. The largest absolute Gasteiger partial charge is 0.306 e. The molecule has 0 aliphatic carbocycles. The van der Waals surface area contributed by atoms with Crippen molar-refractivity contribution in [2.24, 2.45) is 7.05 Å². The predicted octanol–water partition coefficient (Wildman–Crippen LogP) is 0.870. The molecular formula is C9H13N5S. The van der Waals surface area contributed by atoms with Gasteiger partial charge in [-0.25, -0.2) is 4.98 Å². The fraction of sp³-hybridized carbons (Fsp3) is 0.444. The molecule has 0 aliphatic heterocycles. The number of rotatable bonds is 4. The lowest BCUT2D eigenvalue weighted by atomic mass is 10.4. The highest BCUT2D eigenvalue weighted by molar-refractivity contribution is 7.09. The van der Waals surface area contributed by atoms with E-state index < -0.39 is 0 Å². The van der Waals surface area contributed by atoms with Gasteiger partial charge in [-0.1, -0.05) is 5.21 Å². The Balaban J connectivity index is 1.83. The van der Waals surface area contributed by atoms with Gasteiger partial charge in [0.1, 0.15) is 0 Å². The van der Waals surface area contributed by atoms with Crippen molar-refractivity contribution in [3.8, 4) is 0 Å². The van der Waals surface area contributed by atoms with Crippen molar-refractivity contribution in [3.05, 3.63) is 28.0 Å². The molecule has 0 aliphatic rings. The Kier molecular flexibility index (Phi) is 3.08. The minimum Gasteiger partial charge on any atom is -0.306 e. The SMILES string of the molecule is Cc1ncsc1CNCc1cn(C)nn1. The third-order valence-electron chi connectivity index (χ3n) is 2.09. The van der Waals surface area contributed by atoms with Crippen LogP contribution < -0.4 is 5.32 Å². The van der Waals surface area contributed by atoms with Crippen LogP contribution >= 0.6 is 11.3 Å². The molecule has 0 saturated heterocycles. The second-order valence-corrected chi connectivity index (χ2v) is 4.29. The molecule has 1 N–H and O–H groups in total. The highest BCUT2D eigenvalue weighted by atomic mass is 32.1. The Labute approximate surface area is 92.2 Å². The van der Waals surface area contributed by atoms with Crippen molar-refractivity contribution >= 4 is 11.3 Å². The van der Waals surface area contributed by atoms with E-state index in [9.17, 15) is 0 Å². The van der Waals surface area contributed by atoms with Gasteiger partial charge in [0.25, 0.3) is 0 Å². The average molecular weight is 223 g/mol. The van der Waals surface area contributed by atoms with Crippen molar-refractivity contribution < 1.29 is 0 Å². The highest BCUT2D eigenvalue weighted by Gasteiger charge is 2.01. The monoisotopic (exact) mass is 223 g/mol. The van der Waals surface area contributed by atoms with E-state index in [2.05, 4.69) is 20.6 Å². The summed E-state index contributed by atoms with van der Waals surface area (Å²) < 4.78 is 1.70. The van der Waals surface area contributed by atoms with Crippen molar-refractivity contribution in [2.45, 2.75) is 20.0 Å². The lowest BCUT2D eigenvalue weighted by molar-refractivity contribution is 0.676. The number of thiazole rings is 1. The Hall–Kier alpha value is -1.27. The molecule has 0 aromatic carbocycles. The van der Waals surface area contributed by atoms with Crippen LogP contribution in [0.5, 0.6) is 0 Å². The molecule has 80 valence electrons. The summed E-state index contributed by atoms with van der Waals surface area (Å²) >= 11 is 1.68. The molecule has 0 fully saturated rings. The molecule has 0 spiro atoms. The van der Waals surface area contributed by atoms with Crippen molar-refractivity contribution in [1.29, 1.82) is 0 Å². The van der Waals surface area contributed by atoms with Crippen molar-refractivity contribution in [3.63, 3.8) is 0 Å². The third-order valence-corrected chi connectivity index (χ3v) is 3.02. The molecular weight excluding hydrogens is 210 g/mol. The van der Waals surface area contributed by atoms with E-state index in [1.807, 2.05) is 25.7 Å². The molecule has 0 bridgehead atoms. The van der Waals surface area contributed by atoms with Crippen LogP contribution in [0.3, 0.4) is 0 Å². The van der Waals surface area contributed by atoms with E-state index in [1.54, 1.807) is 16.0 Å². The first kappa shape index (κ1) is 10.3. The van der Waals surface area contributed by atoms with Gasteiger partial charge >= 0.3 is 0 Å². The first-order valence-corrected chi connectivity index (χ1v) is 5.58. The Morgan fingerprint density at radius 3 is 2.93 bits per heavy atom. The lowest BCUT2D eigenvalue weighted by Gasteiger charge is -1.99. The molecule has 0 amide bonds. The van der Waals surface area contributed by atoms with E-state index in [0.29, 0.717) is 0 Å². The van der Waals surface area contributed by atoms with Gasteiger partial charge in [-0.2, -0.15) is 0 Å². The summed E-state index contributed by atoms with van der Waals surface area (Å²) in [4.78, 5) is 5.47. The van der Waals surface area contributed by atoms with Gasteiger partial charge in [-0.15, -0.1) is 16.4 Å². The van der Waals surface area contributed by atoms with Gasteiger partial charge in [0.15, 0.2) is 0 Å². The van der Waals surface area contributed by atoms with Crippen LogP contribution in [0.1, 0.15) is 16.3 Å². The Morgan fingerprint density at radius 1 is 1.47 bits per heavy atom. The first-order chi connectivity index (χ1) is 7.25. The summed E-state index contributed by atoms with van der Waals surface area (Å²) in [5.74, 6) is 0. The van der Waals surface area contributed by atoms with Gasteiger partial charge in [0.2, 0.25) is 0 Å². The quantitative estimate of drug-likeness (QED) is 0.835. The van der Waals surface area contributed by atoms with E-state index in [1.165, 1.54) is 4.88 Å². The minimum atomic E-state index is 0.741. The van der Waals surface area contributed by atoms with Crippen LogP contribution in [0.4, 0.5) is 0 Å². The third kappa shape index (κ3) is 2.60. The first-order valence-electron chi connectivity index (χ1n) is 4.70. The molecule has 6 heteroatoms. The normalized spacial score (nSPS) is 10.8. The number of nitrogens with one attached hydrogen (secondary N) is 1. The fourth-order valence-electron chi connectivity index (χ4n) is 1.28. The molecule has 0 unspecified atom stereocenters. The van der Waals surface area contributed by atoms with Crippen LogP contribution in [-0.2, 0) is 20.1 Å². The summed E-state index contributed by atoms with van der Waals surface area (Å²) in [5.41, 5.74) is 3.93. The van der Waals surface area contributed by atoms with Gasteiger partial charge in [-0.05, 0) is 6.92 Å². The zero-order chi connectivity index (χ0) is 10.7. The summed E-state index contributed by atoms with van der Waals surface area (Å²) in [7, 11) is 1.86. The summed E-state index contributed by atoms with van der Waals surface area (Å²) in [6, 6.07) is 0. The van der Waals surface area contributed by atoms with Gasteiger partial charge in [0.05, 0.1) is 16.9 Å². The molecule has 2 heterocycles. The maximum absolute atomic E-state index is 4.19. The predicted molar refractivity (Wildman–Crippen MR) is 58.4 cm³/mol. The maximum atomic E-state index is 4.19. The second-order valence-electron chi connectivity index (χ2n) is 3.35. The van der Waals surface area contributed by atoms with E-state index in [4.69, 9.17) is 0 Å². The molecule has 2 aromatic rings. The second kappa shape index (κ2) is 4.50. The Morgan fingerprint density at radius 2 is 2.33 bits per heavy atom. The number of hydrogen-bond donors (Lipinski definition) is 1. The fourth-order valence-corrected chi connectivity index (χ4v) is 2.02. The molecule has 0 atom stereocenters. The van der Waals surface area contributed by atoms with Crippen LogP contribution in [0.15, 0.2) is 11.7 Å². The number of nitrogens with zero attached hydrogens (tertiary/aromatic N) is 4. The molecule has 5 nitrogen and oxygen atoms in total. The number of aryl methyl sites for hydroxylation is 2. The smallest absolute Gasteiger partial charge is 0.0964 e. The number of hydrogen-bond acceptors (Lipinski definition) is 5. The van der Waals surface area contributed by atoms with Gasteiger partial charge in [-0.3, -0.25) is 4.68 Å². The summed E-state index contributed by atoms with van der Waals surface area (Å²) in [6.45, 7) is 3.61. The highest BCUT2D eigenvalue weighted by Crippen LogP contribution is 2.11. The summed E-state index contributed by atoms with van der Waals surface area (Å²) in [5, 5.41) is 11.2. The zero-order valence-corrected chi connectivity index (χ0v) is 9.58. The van der Waals surface area contributed by atoms with Crippen LogP contribution in [0.2, 0.25) is 0 Å². The van der Waals surface area contributed by atoms with Gasteiger partial charge < -0.3 is 5.32 Å². The van der Waals surface area contributed by atoms with Crippen LogP contribution in [0, 0.1) is 6.92 Å². The molecule has 15 heavy (non-hydrogen) atoms. The van der Waals surface area contributed by atoms with E-state index >= 15 is 0 Å². The molecule has 0 saturated carbocycles. The summed E-state index contributed by atoms with van der Waals surface area (Å²) in [6.07, 6.45) is 1.91. The zero-order valence-electron chi connectivity index (χ0n) is 8.77. The topological polar surface area (TPSA) is 55.6 Å². The van der Waals surface area contributed by atoms with E-state index in [-0.39, 0.29) is 0 Å². The number of aromatic nitrogens is 4. The lowest BCUT2D eigenvalue weighted by Crippen LogP contribution is -2.12. The van der Waals surface area contributed by atoms with Gasteiger partial charge in [0, 0.05) is 31.2 Å². The van der Waals surface area contributed by atoms with Crippen LogP contribution in [0.25, 0.3) is 0 Å². The molecule has 0 radical (unpaired) electrons. The molecule has 2 rings (SSSR count). The minimum absolute atomic E-state index is 0.741. The van der Waals surface area contributed by atoms with Crippen molar-refractivity contribution in [2.75, 3.05) is 0 Å².